The van der Waals surface area contributed by atoms with E-state index in [2.05, 4.69) is 22.8 Å². The van der Waals surface area contributed by atoms with E-state index in [1.807, 2.05) is 75.4 Å². The van der Waals surface area contributed by atoms with Crippen LogP contribution < -0.4 is 24.8 Å². The zero-order valence-electron chi connectivity index (χ0n) is 21.8. The molecule has 0 saturated heterocycles. The van der Waals surface area contributed by atoms with E-state index >= 15 is 0 Å². The molecular weight excluding hydrogens is 464 g/mol. The number of nitrogens with one attached hydrogen (secondary N) is 2. The highest BCUT2D eigenvalue weighted by atomic mass is 16.5. The molecule has 2 unspecified atom stereocenters. The molecule has 5 rings (SSSR count). The summed E-state index contributed by atoms with van der Waals surface area (Å²) in [6.45, 7) is 6.54. The average Bonchev–Trinajstić information content (AvgIpc) is 3.06. The van der Waals surface area contributed by atoms with Gasteiger partial charge in [-0.25, -0.2) is 0 Å². The lowest BCUT2D eigenvalue weighted by molar-refractivity contribution is -0.116. The minimum atomic E-state index is -0.281. The second-order valence-electron chi connectivity index (χ2n) is 9.75. The molecule has 2 aliphatic rings. The molecule has 0 fully saturated rings. The lowest BCUT2D eigenvalue weighted by Gasteiger charge is -2.30. The van der Waals surface area contributed by atoms with E-state index < -0.39 is 0 Å². The summed E-state index contributed by atoms with van der Waals surface area (Å²) in [7, 11) is 1.65. The molecule has 1 heterocycles. The van der Waals surface area contributed by atoms with E-state index in [9.17, 15) is 4.79 Å². The molecule has 3 aromatic rings. The van der Waals surface area contributed by atoms with Crippen molar-refractivity contribution in [2.24, 2.45) is 0 Å². The van der Waals surface area contributed by atoms with Crippen molar-refractivity contribution >= 4 is 17.2 Å². The first-order valence-corrected chi connectivity index (χ1v) is 12.9. The number of methoxy groups -OCH3 is 1. The molecule has 0 amide bonds. The number of carbonyl (C=O) groups is 1. The Morgan fingerprint density at radius 3 is 2.49 bits per heavy atom. The number of rotatable bonds is 7. The van der Waals surface area contributed by atoms with Gasteiger partial charge in [-0.2, -0.15) is 0 Å². The Hall–Kier alpha value is -3.93. The summed E-state index contributed by atoms with van der Waals surface area (Å²) >= 11 is 0. The number of ether oxygens (including phenoxy) is 3. The Morgan fingerprint density at radius 1 is 0.919 bits per heavy atom. The van der Waals surface area contributed by atoms with Crippen LogP contribution in [0.25, 0.3) is 0 Å². The predicted octanol–water partition coefficient (Wildman–Crippen LogP) is 6.86. The number of anilines is 2. The molecule has 192 valence electrons. The van der Waals surface area contributed by atoms with Crippen molar-refractivity contribution in [3.8, 4) is 17.2 Å². The summed E-state index contributed by atoms with van der Waals surface area (Å²) in [4.78, 5) is 13.9. The summed E-state index contributed by atoms with van der Waals surface area (Å²) in [6.07, 6.45) is 1.18. The van der Waals surface area contributed by atoms with Crippen LogP contribution in [0.4, 0.5) is 11.4 Å². The van der Waals surface area contributed by atoms with E-state index in [4.69, 9.17) is 14.2 Å². The number of benzene rings is 3. The van der Waals surface area contributed by atoms with E-state index in [1.54, 1.807) is 7.11 Å². The Bertz CT molecular complexity index is 1330. The molecule has 0 saturated carbocycles. The fourth-order valence-corrected chi connectivity index (χ4v) is 5.22. The van der Waals surface area contributed by atoms with Crippen molar-refractivity contribution in [1.29, 1.82) is 0 Å². The number of para-hydroxylation sites is 2. The molecule has 0 spiro atoms. The normalized spacial score (nSPS) is 18.8. The maximum Gasteiger partial charge on any atom is 0.163 e. The molecule has 0 radical (unpaired) electrons. The van der Waals surface area contributed by atoms with Crippen LogP contribution in [-0.4, -0.2) is 25.6 Å². The van der Waals surface area contributed by atoms with E-state index in [1.165, 1.54) is 0 Å². The molecule has 0 bridgehead atoms. The molecule has 0 aromatic heterocycles. The van der Waals surface area contributed by atoms with Gasteiger partial charge in [-0.15, -0.1) is 0 Å². The van der Waals surface area contributed by atoms with Crippen molar-refractivity contribution in [1.82, 2.24) is 0 Å². The molecule has 37 heavy (non-hydrogen) atoms. The summed E-state index contributed by atoms with van der Waals surface area (Å²) in [6, 6.07) is 21.8. The van der Waals surface area contributed by atoms with Crippen LogP contribution in [-0.2, 0) is 4.79 Å². The van der Waals surface area contributed by atoms with Gasteiger partial charge in [0.25, 0.3) is 0 Å². The minimum absolute atomic E-state index is 0.0291. The van der Waals surface area contributed by atoms with Crippen LogP contribution in [0.15, 0.2) is 78.0 Å². The van der Waals surface area contributed by atoms with Crippen molar-refractivity contribution in [3.63, 3.8) is 0 Å². The van der Waals surface area contributed by atoms with Crippen molar-refractivity contribution in [3.05, 3.63) is 89.1 Å². The molecule has 1 aliphatic carbocycles. The monoisotopic (exact) mass is 498 g/mol. The predicted molar refractivity (Wildman–Crippen MR) is 147 cm³/mol. The van der Waals surface area contributed by atoms with Crippen LogP contribution in [0.1, 0.15) is 56.7 Å². The van der Waals surface area contributed by atoms with Crippen molar-refractivity contribution in [2.75, 3.05) is 24.4 Å². The van der Waals surface area contributed by atoms with Crippen LogP contribution in [0, 0.1) is 0 Å². The summed E-state index contributed by atoms with van der Waals surface area (Å²) in [5.74, 6) is 2.35. The quantitative estimate of drug-likeness (QED) is 0.371. The van der Waals surface area contributed by atoms with Gasteiger partial charge in [0, 0.05) is 17.7 Å². The number of hydrogen-bond donors (Lipinski definition) is 2. The third kappa shape index (κ3) is 5.15. The number of Topliss-reactive ketones (excluding diaryl/α,β-unsaturated/α-hetero) is 1. The van der Waals surface area contributed by atoms with Crippen LogP contribution in [0.2, 0.25) is 0 Å². The molecular formula is C31H34N2O4. The Morgan fingerprint density at radius 2 is 1.73 bits per heavy atom. The van der Waals surface area contributed by atoms with Gasteiger partial charge < -0.3 is 24.8 Å². The van der Waals surface area contributed by atoms with Crippen LogP contribution >= 0.6 is 0 Å². The van der Waals surface area contributed by atoms with Crippen LogP contribution in [0.5, 0.6) is 17.2 Å². The molecule has 2 atom stereocenters. The van der Waals surface area contributed by atoms with Gasteiger partial charge in [0.05, 0.1) is 37.2 Å². The molecule has 6 nitrogen and oxygen atoms in total. The lowest BCUT2D eigenvalue weighted by atomic mass is 9.78. The maximum atomic E-state index is 13.9. The molecule has 1 aliphatic heterocycles. The molecule has 6 heteroatoms. The fraction of sp³-hybridized carbons (Fsp3) is 0.323. The first-order chi connectivity index (χ1) is 18.0. The van der Waals surface area contributed by atoms with E-state index in [0.717, 1.165) is 39.5 Å². The number of hydrogen-bond acceptors (Lipinski definition) is 6. The minimum Gasteiger partial charge on any atom is -0.494 e. The maximum absolute atomic E-state index is 13.9. The Balaban J connectivity index is 1.54. The average molecular weight is 499 g/mol. The first kappa shape index (κ1) is 24.8. The highest BCUT2D eigenvalue weighted by molar-refractivity contribution is 6.01. The summed E-state index contributed by atoms with van der Waals surface area (Å²) in [5.41, 5.74) is 5.73. The van der Waals surface area contributed by atoms with Gasteiger partial charge in [0.1, 0.15) is 5.75 Å². The van der Waals surface area contributed by atoms with E-state index in [-0.39, 0.29) is 23.8 Å². The third-order valence-corrected chi connectivity index (χ3v) is 6.83. The SMILES string of the molecule is CCOc1cccc(C2Nc3ccccc3NC3=C2C(=O)CC(c2ccc(OC(C)C)c(OC)c2)C3)c1. The highest BCUT2D eigenvalue weighted by Crippen LogP contribution is 2.45. The highest BCUT2D eigenvalue weighted by Gasteiger charge is 2.36. The number of ketones is 1. The van der Waals surface area contributed by atoms with Gasteiger partial charge in [-0.1, -0.05) is 30.3 Å². The zero-order chi connectivity index (χ0) is 25.9. The van der Waals surface area contributed by atoms with Gasteiger partial charge in [0.15, 0.2) is 17.3 Å². The molecule has 3 aromatic carbocycles. The van der Waals surface area contributed by atoms with Gasteiger partial charge in [0.2, 0.25) is 0 Å². The van der Waals surface area contributed by atoms with Crippen LogP contribution in [0.3, 0.4) is 0 Å². The summed E-state index contributed by atoms with van der Waals surface area (Å²) < 4.78 is 17.3. The zero-order valence-corrected chi connectivity index (χ0v) is 21.8. The second-order valence-corrected chi connectivity index (χ2v) is 9.75. The lowest BCUT2D eigenvalue weighted by Crippen LogP contribution is -2.27. The number of fused-ring (bicyclic) bond motifs is 1. The summed E-state index contributed by atoms with van der Waals surface area (Å²) in [5, 5.41) is 7.25. The second kappa shape index (κ2) is 10.6. The molecule has 2 N–H and O–H groups in total. The van der Waals surface area contributed by atoms with Crippen molar-refractivity contribution < 1.29 is 19.0 Å². The van der Waals surface area contributed by atoms with Gasteiger partial charge in [-0.05, 0) is 80.6 Å². The Labute approximate surface area is 218 Å². The topological polar surface area (TPSA) is 68.8 Å². The number of carbonyl (C=O) groups excluding carboxylic acids is 1. The Kier molecular flexibility index (Phi) is 7.08. The largest absolute Gasteiger partial charge is 0.494 e. The van der Waals surface area contributed by atoms with Gasteiger partial charge in [-0.3, -0.25) is 4.79 Å². The smallest absolute Gasteiger partial charge is 0.163 e. The first-order valence-electron chi connectivity index (χ1n) is 12.9. The standard InChI is InChI=1S/C31H34N2O4/c1-5-36-23-10-8-9-21(15-23)31-30-26(32-24-11-6-7-12-25(24)33-31)16-22(17-27(30)34)20-13-14-28(37-19(2)3)29(18-20)35-4/h6-15,18-19,22,31-33H,5,16-17H2,1-4H3. The van der Waals surface area contributed by atoms with Crippen molar-refractivity contribution in [2.45, 2.75) is 51.7 Å². The number of allylic oxidation sites excluding steroid dienone is 1. The third-order valence-electron chi connectivity index (χ3n) is 6.83. The fourth-order valence-electron chi connectivity index (χ4n) is 5.22. The van der Waals surface area contributed by atoms with Gasteiger partial charge >= 0.3 is 0 Å². The van der Waals surface area contributed by atoms with E-state index in [0.29, 0.717) is 30.9 Å².